The Hall–Kier alpha value is -3.68. The number of carbonyl (C=O) groups is 1. The molecule has 0 radical (unpaired) electrons. The molecule has 2 aliphatic rings. The van der Waals surface area contributed by atoms with Gasteiger partial charge in [0.25, 0.3) is 5.95 Å². The van der Waals surface area contributed by atoms with Crippen molar-refractivity contribution in [3.8, 4) is 0 Å². The molecule has 3 aromatic rings. The van der Waals surface area contributed by atoms with Crippen molar-refractivity contribution >= 4 is 11.9 Å². The van der Waals surface area contributed by atoms with Gasteiger partial charge in [-0.3, -0.25) is 4.79 Å². The summed E-state index contributed by atoms with van der Waals surface area (Å²) >= 11 is 0. The van der Waals surface area contributed by atoms with Crippen molar-refractivity contribution in [1.82, 2.24) is 25.5 Å². The van der Waals surface area contributed by atoms with E-state index in [0.717, 1.165) is 53.6 Å². The summed E-state index contributed by atoms with van der Waals surface area (Å²) < 4.78 is 82.4. The molecule has 2 aliphatic carbocycles. The lowest BCUT2D eigenvalue weighted by Crippen LogP contribution is -2.38. The number of carboxylic acid groups (broad SMARTS) is 1. The van der Waals surface area contributed by atoms with Crippen molar-refractivity contribution in [2.45, 2.75) is 95.8 Å². The number of benzene rings is 2. The minimum atomic E-state index is -4.97. The van der Waals surface area contributed by atoms with Crippen LogP contribution in [0.2, 0.25) is 0 Å². The number of aromatic nitrogens is 4. The molecule has 0 bridgehead atoms. The Balaban J connectivity index is 1.55. The molecule has 0 amide bonds. The molecule has 1 heterocycles. The number of tetrazole rings is 1. The Morgan fingerprint density at radius 2 is 1.60 bits per heavy atom. The highest BCUT2D eigenvalue weighted by Crippen LogP contribution is 2.43. The molecule has 1 saturated carbocycles. The summed E-state index contributed by atoms with van der Waals surface area (Å²) in [7, 11) is 1.54. The SMILES string of the molecule is Cc1cc(C)c2c(c1)[C@@H](N(Cc1cc(C(F)(F)F)cc(C(F)(F)F)c1)c1nnn(C)n1)CCCC2N[C@H]1CC[C@H](C(=O)O)CC1. The second kappa shape index (κ2) is 12.6. The highest BCUT2D eigenvalue weighted by molar-refractivity contribution is 5.70. The number of rotatable bonds is 7. The van der Waals surface area contributed by atoms with Crippen molar-refractivity contribution in [2.75, 3.05) is 4.90 Å². The van der Waals surface area contributed by atoms with Crippen LogP contribution < -0.4 is 10.2 Å². The average Bonchev–Trinajstić information content (AvgIpc) is 3.30. The summed E-state index contributed by atoms with van der Waals surface area (Å²) in [5, 5.41) is 25.5. The van der Waals surface area contributed by atoms with E-state index < -0.39 is 35.5 Å². The van der Waals surface area contributed by atoms with E-state index in [0.29, 0.717) is 25.7 Å². The van der Waals surface area contributed by atoms with Gasteiger partial charge < -0.3 is 15.3 Å². The summed E-state index contributed by atoms with van der Waals surface area (Å²) in [6.07, 6.45) is -5.33. The topological polar surface area (TPSA) is 96.2 Å². The van der Waals surface area contributed by atoms with Gasteiger partial charge in [-0.1, -0.05) is 22.8 Å². The first-order chi connectivity index (χ1) is 21.1. The summed E-state index contributed by atoms with van der Waals surface area (Å²) in [4.78, 5) is 14.3. The van der Waals surface area contributed by atoms with Crippen molar-refractivity contribution in [3.63, 3.8) is 0 Å². The molecule has 0 spiro atoms. The van der Waals surface area contributed by atoms with Crippen LogP contribution in [0.25, 0.3) is 0 Å². The zero-order chi connectivity index (χ0) is 32.7. The van der Waals surface area contributed by atoms with Gasteiger partial charge >= 0.3 is 18.3 Å². The van der Waals surface area contributed by atoms with Gasteiger partial charge in [-0.25, -0.2) is 0 Å². The molecule has 45 heavy (non-hydrogen) atoms. The molecule has 0 saturated heterocycles. The first-order valence-electron chi connectivity index (χ1n) is 15.0. The number of fused-ring (bicyclic) bond motifs is 1. The van der Waals surface area contributed by atoms with Gasteiger partial charge in [-0.15, -0.1) is 5.10 Å². The predicted octanol–water partition coefficient (Wildman–Crippen LogP) is 7.07. The van der Waals surface area contributed by atoms with Crippen LogP contribution in [-0.4, -0.2) is 37.3 Å². The quantitative estimate of drug-likeness (QED) is 0.211. The second-order valence-electron chi connectivity index (χ2n) is 12.3. The van der Waals surface area contributed by atoms with Gasteiger partial charge in [0.05, 0.1) is 30.1 Å². The largest absolute Gasteiger partial charge is 0.481 e. The van der Waals surface area contributed by atoms with Gasteiger partial charge in [-0.2, -0.15) is 31.1 Å². The van der Waals surface area contributed by atoms with E-state index in [1.807, 2.05) is 19.9 Å². The first-order valence-corrected chi connectivity index (χ1v) is 15.0. The molecule has 0 aliphatic heterocycles. The maximum Gasteiger partial charge on any atom is 0.416 e. The summed E-state index contributed by atoms with van der Waals surface area (Å²) in [5.41, 5.74) is 0.964. The minimum absolute atomic E-state index is 0.0703. The van der Waals surface area contributed by atoms with Crippen LogP contribution >= 0.6 is 0 Å². The van der Waals surface area contributed by atoms with E-state index in [1.54, 1.807) is 4.90 Å². The van der Waals surface area contributed by atoms with Crippen molar-refractivity contribution in [2.24, 2.45) is 13.0 Å². The van der Waals surface area contributed by atoms with Gasteiger partial charge in [-0.05, 0) is 104 Å². The lowest BCUT2D eigenvalue weighted by atomic mass is 9.84. The third-order valence-corrected chi connectivity index (χ3v) is 8.89. The molecule has 2 atom stereocenters. The minimum Gasteiger partial charge on any atom is -0.481 e. The van der Waals surface area contributed by atoms with Gasteiger partial charge in [0, 0.05) is 18.6 Å². The van der Waals surface area contributed by atoms with Crippen LogP contribution in [-0.2, 0) is 30.7 Å². The Kier molecular flexibility index (Phi) is 9.16. The monoisotopic (exact) mass is 638 g/mol. The number of nitrogens with zero attached hydrogens (tertiary/aromatic N) is 5. The number of nitrogens with one attached hydrogen (secondary N) is 1. The average molecular weight is 639 g/mol. The van der Waals surface area contributed by atoms with Gasteiger partial charge in [0.15, 0.2) is 0 Å². The van der Waals surface area contributed by atoms with E-state index in [4.69, 9.17) is 0 Å². The van der Waals surface area contributed by atoms with Gasteiger partial charge in [0.2, 0.25) is 0 Å². The third-order valence-electron chi connectivity index (χ3n) is 8.89. The molecule has 244 valence electrons. The fourth-order valence-corrected chi connectivity index (χ4v) is 6.88. The third kappa shape index (κ3) is 7.42. The Bertz CT molecular complexity index is 1500. The molecule has 1 fully saturated rings. The molecule has 8 nitrogen and oxygen atoms in total. The van der Waals surface area contributed by atoms with Crippen LogP contribution in [0.4, 0.5) is 32.3 Å². The lowest BCUT2D eigenvalue weighted by molar-refractivity contribution is -0.144. The Morgan fingerprint density at radius 1 is 0.956 bits per heavy atom. The Morgan fingerprint density at radius 3 is 2.16 bits per heavy atom. The van der Waals surface area contributed by atoms with Crippen molar-refractivity contribution < 1.29 is 36.2 Å². The number of aryl methyl sites for hydroxylation is 3. The predicted molar refractivity (Wildman–Crippen MR) is 153 cm³/mol. The van der Waals surface area contributed by atoms with Crippen molar-refractivity contribution in [3.05, 3.63) is 69.3 Å². The number of hydrogen-bond donors (Lipinski definition) is 2. The molecular formula is C31H36F6N6O2. The number of alkyl halides is 6. The zero-order valence-electron chi connectivity index (χ0n) is 25.2. The van der Waals surface area contributed by atoms with E-state index in [9.17, 15) is 36.2 Å². The van der Waals surface area contributed by atoms with Crippen LogP contribution in [0.1, 0.15) is 96.0 Å². The number of hydrogen-bond acceptors (Lipinski definition) is 6. The fourth-order valence-electron chi connectivity index (χ4n) is 6.88. The number of halogens is 6. The molecular weight excluding hydrogens is 602 g/mol. The molecule has 2 aromatic carbocycles. The van der Waals surface area contributed by atoms with E-state index in [-0.39, 0.29) is 42.1 Å². The molecule has 1 aromatic heterocycles. The van der Waals surface area contributed by atoms with Crippen LogP contribution in [0.15, 0.2) is 30.3 Å². The van der Waals surface area contributed by atoms with Crippen LogP contribution in [0.3, 0.4) is 0 Å². The van der Waals surface area contributed by atoms with Crippen LogP contribution in [0, 0.1) is 19.8 Å². The fraction of sp³-hybridized carbons (Fsp3) is 0.548. The second-order valence-corrected chi connectivity index (χ2v) is 12.3. The summed E-state index contributed by atoms with van der Waals surface area (Å²) in [6, 6.07) is 5.28. The van der Waals surface area contributed by atoms with Gasteiger partial charge in [0.1, 0.15) is 0 Å². The van der Waals surface area contributed by atoms with Crippen molar-refractivity contribution in [1.29, 1.82) is 0 Å². The summed E-state index contributed by atoms with van der Waals surface area (Å²) in [5.74, 6) is -1.03. The molecule has 2 N–H and O–H groups in total. The summed E-state index contributed by atoms with van der Waals surface area (Å²) in [6.45, 7) is 3.63. The zero-order valence-corrected chi connectivity index (χ0v) is 25.2. The molecule has 1 unspecified atom stereocenters. The molecule has 5 rings (SSSR count). The number of aliphatic carboxylic acids is 1. The highest BCUT2D eigenvalue weighted by Gasteiger charge is 2.38. The maximum atomic E-state index is 13.7. The van der Waals surface area contributed by atoms with Crippen LogP contribution in [0.5, 0.6) is 0 Å². The Labute approximate surface area is 256 Å². The standard InChI is InChI=1S/C31H36F6N6O2/c1-17-11-18(2)27-24(12-17)26(6-4-5-25(27)38-23-9-7-20(8-10-23)28(44)45)43(29-39-41-42(3)40-29)16-19-13-21(30(32,33)34)15-22(14-19)31(35,36)37/h11-15,20,23,25-26,38H,4-10,16H2,1-3H3,(H,44,45)/t20-,23-,25?,26-/m0/s1. The maximum absolute atomic E-state index is 13.7. The normalized spacial score (nSPS) is 22.5. The first kappa shape index (κ1) is 32.7. The molecule has 14 heteroatoms. The smallest absolute Gasteiger partial charge is 0.416 e. The lowest BCUT2D eigenvalue weighted by Gasteiger charge is -2.34. The number of anilines is 1. The van der Waals surface area contributed by atoms with E-state index in [2.05, 4.69) is 26.8 Å². The van der Waals surface area contributed by atoms with E-state index >= 15 is 0 Å². The van der Waals surface area contributed by atoms with E-state index in [1.165, 1.54) is 11.8 Å². The highest BCUT2D eigenvalue weighted by atomic mass is 19.4. The number of carboxylic acids is 1.